The van der Waals surface area contributed by atoms with Gasteiger partial charge in [-0.25, -0.2) is 13.4 Å². The number of anilines is 1. The maximum Gasteiger partial charge on any atom is 0.252 e. The summed E-state index contributed by atoms with van der Waals surface area (Å²) in [4.78, 5) is 30.1. The van der Waals surface area contributed by atoms with Crippen LogP contribution in [0.15, 0.2) is 29.3 Å². The molecular weight excluding hydrogens is 366 g/mol. The normalized spacial score (nSPS) is 19.3. The average molecular weight is 381 g/mol. The molecule has 1 atom stereocenters. The summed E-state index contributed by atoms with van der Waals surface area (Å²) < 4.78 is 31.1. The molecule has 2 aromatic rings. The lowest BCUT2D eigenvalue weighted by atomic mass is 10.0. The summed E-state index contributed by atoms with van der Waals surface area (Å²) in [5.41, 5.74) is -0.0621. The molecule has 1 aliphatic rings. The summed E-state index contributed by atoms with van der Waals surface area (Å²) in [5.74, 6) is -1.03. The quantitative estimate of drug-likeness (QED) is 0.803. The van der Waals surface area contributed by atoms with Crippen molar-refractivity contribution < 1.29 is 22.7 Å². The van der Waals surface area contributed by atoms with Crippen molar-refractivity contribution in [3.05, 3.63) is 34.8 Å². The van der Waals surface area contributed by atoms with Crippen LogP contribution in [0.4, 0.5) is 5.13 Å². The summed E-state index contributed by atoms with van der Waals surface area (Å²) in [6, 6.07) is 2.58. The molecule has 1 aromatic carbocycles. The third-order valence-corrected chi connectivity index (χ3v) is 6.53. The van der Waals surface area contributed by atoms with Gasteiger partial charge in [0, 0.05) is 23.7 Å². The second kappa shape index (κ2) is 6.21. The van der Waals surface area contributed by atoms with E-state index in [1.807, 2.05) is 6.92 Å². The number of rotatable bonds is 3. The van der Waals surface area contributed by atoms with Gasteiger partial charge in [0.1, 0.15) is 5.75 Å². The molecule has 1 N–H and O–H groups in total. The first-order valence-electron chi connectivity index (χ1n) is 7.19. The first kappa shape index (κ1) is 17.5. The molecule has 1 aromatic heterocycles. The van der Waals surface area contributed by atoms with Crippen molar-refractivity contribution in [3.63, 3.8) is 0 Å². The van der Waals surface area contributed by atoms with Crippen LogP contribution in [0.5, 0.6) is 5.75 Å². The second-order valence-electron chi connectivity index (χ2n) is 5.42. The SMILES string of the molecule is COc1ccc2c(c1)C(=O)C(C(=O)Nc1ncc(C)s1)N(C)S2(=O)=O. The van der Waals surface area contributed by atoms with Gasteiger partial charge in [-0.15, -0.1) is 11.3 Å². The number of Topliss-reactive ketones (excluding diaryl/α,β-unsaturated/α-hetero) is 1. The van der Waals surface area contributed by atoms with Crippen molar-refractivity contribution in [1.82, 2.24) is 9.29 Å². The molecular formula is C15H15N3O5S2. The summed E-state index contributed by atoms with van der Waals surface area (Å²) in [6.45, 7) is 1.82. The first-order chi connectivity index (χ1) is 11.8. The zero-order chi connectivity index (χ0) is 18.4. The molecule has 8 nitrogen and oxygen atoms in total. The monoisotopic (exact) mass is 381 g/mol. The standard InChI is InChI=1S/C15H15N3O5S2/c1-8-7-16-15(24-8)17-14(20)12-13(19)10-6-9(23-3)4-5-11(10)25(21,22)18(12)2/h4-7,12H,1-3H3,(H,16,17,20). The van der Waals surface area contributed by atoms with Gasteiger partial charge < -0.3 is 10.1 Å². The Balaban J connectivity index is 2.03. The Morgan fingerprint density at radius 1 is 1.40 bits per heavy atom. The number of nitrogens with zero attached hydrogens (tertiary/aromatic N) is 2. The van der Waals surface area contributed by atoms with Crippen LogP contribution in [0.25, 0.3) is 0 Å². The molecule has 25 heavy (non-hydrogen) atoms. The van der Waals surface area contributed by atoms with E-state index in [2.05, 4.69) is 10.3 Å². The largest absolute Gasteiger partial charge is 0.497 e. The average Bonchev–Trinajstić information content (AvgIpc) is 2.97. The lowest BCUT2D eigenvalue weighted by molar-refractivity contribution is -0.118. The summed E-state index contributed by atoms with van der Waals surface area (Å²) >= 11 is 1.23. The number of likely N-dealkylation sites (N-methyl/N-ethyl adjacent to an activating group) is 1. The maximum absolute atomic E-state index is 12.8. The van der Waals surface area contributed by atoms with E-state index in [4.69, 9.17) is 4.74 Å². The maximum atomic E-state index is 12.8. The van der Waals surface area contributed by atoms with E-state index >= 15 is 0 Å². The minimum atomic E-state index is -3.98. The number of aromatic nitrogens is 1. The number of nitrogens with one attached hydrogen (secondary N) is 1. The second-order valence-corrected chi connectivity index (χ2v) is 8.62. The molecule has 1 unspecified atom stereocenters. The number of carbonyl (C=O) groups excluding carboxylic acids is 2. The molecule has 0 fully saturated rings. The minimum absolute atomic E-state index is 0.0621. The number of sulfonamides is 1. The molecule has 0 radical (unpaired) electrons. The van der Waals surface area contributed by atoms with Gasteiger partial charge in [-0.2, -0.15) is 4.31 Å². The van der Waals surface area contributed by atoms with Crippen LogP contribution in [0.1, 0.15) is 15.2 Å². The number of methoxy groups -OCH3 is 1. The van der Waals surface area contributed by atoms with Gasteiger partial charge in [0.15, 0.2) is 17.0 Å². The lowest BCUT2D eigenvalue weighted by Crippen LogP contribution is -2.53. The van der Waals surface area contributed by atoms with Crippen LogP contribution in [0.2, 0.25) is 0 Å². The van der Waals surface area contributed by atoms with Crippen LogP contribution in [0, 0.1) is 6.92 Å². The van der Waals surface area contributed by atoms with Gasteiger partial charge in [0.2, 0.25) is 10.0 Å². The minimum Gasteiger partial charge on any atom is -0.497 e. The van der Waals surface area contributed by atoms with E-state index in [1.165, 1.54) is 43.7 Å². The van der Waals surface area contributed by atoms with E-state index in [9.17, 15) is 18.0 Å². The molecule has 0 saturated heterocycles. The van der Waals surface area contributed by atoms with Gasteiger partial charge in [0.25, 0.3) is 5.91 Å². The van der Waals surface area contributed by atoms with Gasteiger partial charge in [-0.3, -0.25) is 9.59 Å². The molecule has 2 heterocycles. The number of aryl methyl sites for hydroxylation is 1. The molecule has 0 saturated carbocycles. The van der Waals surface area contributed by atoms with Gasteiger partial charge >= 0.3 is 0 Å². The van der Waals surface area contributed by atoms with Gasteiger partial charge in [0.05, 0.1) is 12.0 Å². The Kier molecular flexibility index (Phi) is 4.35. The Morgan fingerprint density at radius 3 is 2.72 bits per heavy atom. The number of ether oxygens (including phenoxy) is 1. The predicted molar refractivity (Wildman–Crippen MR) is 91.5 cm³/mol. The highest BCUT2D eigenvalue weighted by atomic mass is 32.2. The van der Waals surface area contributed by atoms with Crippen molar-refractivity contribution >= 4 is 38.2 Å². The molecule has 0 aliphatic carbocycles. The zero-order valence-corrected chi connectivity index (χ0v) is 15.3. The first-order valence-corrected chi connectivity index (χ1v) is 9.45. The number of carbonyl (C=O) groups is 2. The highest BCUT2D eigenvalue weighted by Crippen LogP contribution is 2.32. The number of fused-ring (bicyclic) bond motifs is 1. The van der Waals surface area contributed by atoms with Crippen molar-refractivity contribution in [2.75, 3.05) is 19.5 Å². The number of amides is 1. The van der Waals surface area contributed by atoms with E-state index in [0.29, 0.717) is 10.9 Å². The highest BCUT2D eigenvalue weighted by Gasteiger charge is 2.45. The van der Waals surface area contributed by atoms with Crippen molar-refractivity contribution in [2.24, 2.45) is 0 Å². The molecule has 132 valence electrons. The number of hydrogen-bond acceptors (Lipinski definition) is 7. The number of thiazole rings is 1. The van der Waals surface area contributed by atoms with Crippen LogP contribution in [-0.2, 0) is 14.8 Å². The van der Waals surface area contributed by atoms with Gasteiger partial charge in [-0.05, 0) is 25.1 Å². The molecule has 1 amide bonds. The molecule has 0 bridgehead atoms. The third kappa shape index (κ3) is 2.92. The summed E-state index contributed by atoms with van der Waals surface area (Å²) in [5, 5.41) is 2.80. The fourth-order valence-corrected chi connectivity index (χ4v) is 4.65. The van der Waals surface area contributed by atoms with Gasteiger partial charge in [-0.1, -0.05) is 0 Å². The van der Waals surface area contributed by atoms with Crippen LogP contribution in [0.3, 0.4) is 0 Å². The Bertz CT molecular complexity index is 967. The Morgan fingerprint density at radius 2 is 2.12 bits per heavy atom. The third-order valence-electron chi connectivity index (χ3n) is 3.82. The molecule has 10 heteroatoms. The number of ketones is 1. The van der Waals surface area contributed by atoms with E-state index < -0.39 is 27.8 Å². The topological polar surface area (TPSA) is 106 Å². The zero-order valence-electron chi connectivity index (χ0n) is 13.6. The number of hydrogen-bond donors (Lipinski definition) is 1. The van der Waals surface area contributed by atoms with E-state index in [0.717, 1.165) is 9.18 Å². The predicted octanol–water partition coefficient (Wildman–Crippen LogP) is 1.28. The summed E-state index contributed by atoms with van der Waals surface area (Å²) in [7, 11) is -1.37. The van der Waals surface area contributed by atoms with Crippen LogP contribution in [-0.4, -0.2) is 49.6 Å². The number of benzene rings is 1. The lowest BCUT2D eigenvalue weighted by Gasteiger charge is -2.30. The fourth-order valence-electron chi connectivity index (χ4n) is 2.53. The Labute approximate surface area is 148 Å². The van der Waals surface area contributed by atoms with Crippen LogP contribution >= 0.6 is 11.3 Å². The molecule has 3 rings (SSSR count). The fraction of sp³-hybridized carbons (Fsp3) is 0.267. The highest BCUT2D eigenvalue weighted by molar-refractivity contribution is 7.89. The van der Waals surface area contributed by atoms with E-state index in [1.54, 1.807) is 6.20 Å². The van der Waals surface area contributed by atoms with Crippen molar-refractivity contribution in [3.8, 4) is 5.75 Å². The summed E-state index contributed by atoms with van der Waals surface area (Å²) in [6.07, 6.45) is 1.57. The van der Waals surface area contributed by atoms with Crippen molar-refractivity contribution in [2.45, 2.75) is 17.9 Å². The van der Waals surface area contributed by atoms with Crippen LogP contribution < -0.4 is 10.1 Å². The van der Waals surface area contributed by atoms with Crippen molar-refractivity contribution in [1.29, 1.82) is 0 Å². The van der Waals surface area contributed by atoms with E-state index in [-0.39, 0.29) is 10.5 Å². The Hall–Kier alpha value is -2.30. The molecule has 0 spiro atoms. The smallest absolute Gasteiger partial charge is 0.252 e. The molecule has 1 aliphatic heterocycles.